The minimum absolute atomic E-state index is 0.319. The van der Waals surface area contributed by atoms with Crippen molar-refractivity contribution in [1.29, 1.82) is 5.26 Å². The van der Waals surface area contributed by atoms with Crippen LogP contribution in [-0.2, 0) is 22.4 Å². The average molecular weight is 440 g/mol. The number of hydrogen-bond acceptors (Lipinski definition) is 6. The van der Waals surface area contributed by atoms with Gasteiger partial charge < -0.3 is 10.1 Å². The molecule has 2 aromatic heterocycles. The maximum Gasteiger partial charge on any atom is 0.338 e. The number of nitrogens with zero attached hydrogens (tertiary/aromatic N) is 2. The summed E-state index contributed by atoms with van der Waals surface area (Å²) in [6.45, 7) is -0.427. The average Bonchev–Trinajstić information content (AvgIpc) is 2.90. The van der Waals surface area contributed by atoms with E-state index < -0.39 is 18.5 Å². The van der Waals surface area contributed by atoms with Gasteiger partial charge in [-0.3, -0.25) is 4.79 Å². The predicted molar refractivity (Wildman–Crippen MR) is 116 cm³/mol. The van der Waals surface area contributed by atoms with E-state index in [1.165, 1.54) is 16.2 Å². The number of nitrogens with one attached hydrogen (secondary N) is 1. The number of ether oxygens (including phenoxy) is 1. The summed E-state index contributed by atoms with van der Waals surface area (Å²) in [4.78, 5) is 30.0. The Morgan fingerprint density at radius 1 is 1.20 bits per heavy atom. The van der Waals surface area contributed by atoms with Gasteiger partial charge in [0.1, 0.15) is 16.2 Å². The lowest BCUT2D eigenvalue weighted by atomic mass is 10.1. The van der Waals surface area contributed by atoms with Gasteiger partial charge >= 0.3 is 5.97 Å². The third-order valence-corrected chi connectivity index (χ3v) is 6.43. The fourth-order valence-electron chi connectivity index (χ4n) is 3.55. The highest BCUT2D eigenvalue weighted by atomic mass is 35.5. The number of thiophene rings is 1. The zero-order valence-electron chi connectivity index (χ0n) is 16.0. The molecular weight excluding hydrogens is 422 g/mol. The molecule has 0 unspecified atom stereocenters. The molecule has 0 spiro atoms. The molecule has 8 heteroatoms. The van der Waals surface area contributed by atoms with Gasteiger partial charge in [0.15, 0.2) is 6.61 Å². The zero-order valence-corrected chi connectivity index (χ0v) is 17.6. The number of aryl methyl sites for hydroxylation is 1. The summed E-state index contributed by atoms with van der Waals surface area (Å²) in [5, 5.41) is 13.9. The molecule has 0 saturated heterocycles. The fraction of sp³-hybridized carbons (Fsp3) is 0.273. The molecule has 1 amide bonds. The Morgan fingerprint density at radius 2 is 2.03 bits per heavy atom. The first-order chi connectivity index (χ1) is 14.5. The summed E-state index contributed by atoms with van der Waals surface area (Å²) in [6.07, 6.45) is 5.10. The molecule has 0 fully saturated rings. The second-order valence-electron chi connectivity index (χ2n) is 7.05. The maximum absolute atomic E-state index is 12.3. The number of hydrogen-bond donors (Lipinski definition) is 1. The van der Waals surface area contributed by atoms with Crippen LogP contribution in [0.25, 0.3) is 10.9 Å². The van der Waals surface area contributed by atoms with Gasteiger partial charge in [0.05, 0.1) is 16.6 Å². The highest BCUT2D eigenvalue weighted by Gasteiger charge is 2.21. The van der Waals surface area contributed by atoms with Gasteiger partial charge in [-0.15, -0.1) is 11.3 Å². The second kappa shape index (κ2) is 8.82. The van der Waals surface area contributed by atoms with E-state index in [4.69, 9.17) is 16.3 Å². The largest absolute Gasteiger partial charge is 0.452 e. The molecule has 1 aliphatic rings. The molecular formula is C22H18ClN3O3S. The van der Waals surface area contributed by atoms with Crippen molar-refractivity contribution < 1.29 is 14.3 Å². The fourth-order valence-corrected chi connectivity index (χ4v) is 4.96. The van der Waals surface area contributed by atoms with Gasteiger partial charge in [0.2, 0.25) is 0 Å². The summed E-state index contributed by atoms with van der Waals surface area (Å²) >= 11 is 7.32. The number of benzene rings is 1. The summed E-state index contributed by atoms with van der Waals surface area (Å²) in [7, 11) is 0. The molecule has 3 aromatic rings. The Labute approximate surface area is 182 Å². The number of carbonyl (C=O) groups excluding carboxylic acids is 2. The van der Waals surface area contributed by atoms with Crippen molar-refractivity contribution in [3.8, 4) is 6.07 Å². The number of halogens is 1. The van der Waals surface area contributed by atoms with Crippen LogP contribution in [0, 0.1) is 11.3 Å². The first-order valence-electron chi connectivity index (χ1n) is 9.63. The Morgan fingerprint density at radius 3 is 2.87 bits per heavy atom. The predicted octanol–water partition coefficient (Wildman–Crippen LogP) is 4.89. The van der Waals surface area contributed by atoms with Crippen molar-refractivity contribution in [2.75, 3.05) is 11.9 Å². The van der Waals surface area contributed by atoms with E-state index >= 15 is 0 Å². The first kappa shape index (κ1) is 20.3. The lowest BCUT2D eigenvalue weighted by Gasteiger charge is -2.07. The Balaban J connectivity index is 1.41. The second-order valence-corrected chi connectivity index (χ2v) is 8.54. The minimum Gasteiger partial charge on any atom is -0.452 e. The van der Waals surface area contributed by atoms with Crippen LogP contribution in [0.1, 0.15) is 45.6 Å². The molecule has 6 nitrogen and oxygen atoms in total. The van der Waals surface area contributed by atoms with Gasteiger partial charge in [0.25, 0.3) is 5.91 Å². The smallest absolute Gasteiger partial charge is 0.338 e. The monoisotopic (exact) mass is 439 g/mol. The van der Waals surface area contributed by atoms with Crippen LogP contribution in [0.2, 0.25) is 5.15 Å². The third-order valence-electron chi connectivity index (χ3n) is 5.01. The number of pyridine rings is 1. The Hall–Kier alpha value is -2.95. The summed E-state index contributed by atoms with van der Waals surface area (Å²) in [6, 6.07) is 10.5. The highest BCUT2D eigenvalue weighted by Crippen LogP contribution is 2.36. The van der Waals surface area contributed by atoms with Crippen molar-refractivity contribution in [2.45, 2.75) is 32.1 Å². The summed E-state index contributed by atoms with van der Waals surface area (Å²) < 4.78 is 5.15. The van der Waals surface area contributed by atoms with Crippen LogP contribution in [0.15, 0.2) is 30.3 Å². The van der Waals surface area contributed by atoms with Crippen molar-refractivity contribution in [3.63, 3.8) is 0 Å². The van der Waals surface area contributed by atoms with Crippen LogP contribution < -0.4 is 5.32 Å². The van der Waals surface area contributed by atoms with E-state index in [9.17, 15) is 14.9 Å². The van der Waals surface area contributed by atoms with Crippen molar-refractivity contribution >= 4 is 50.7 Å². The van der Waals surface area contributed by atoms with Gasteiger partial charge in [-0.2, -0.15) is 5.26 Å². The molecule has 1 aromatic carbocycles. The number of fused-ring (bicyclic) bond motifs is 2. The lowest BCUT2D eigenvalue weighted by molar-refractivity contribution is -0.119. The van der Waals surface area contributed by atoms with Crippen LogP contribution >= 0.6 is 22.9 Å². The van der Waals surface area contributed by atoms with E-state index in [0.717, 1.165) is 43.1 Å². The number of amides is 1. The normalized spacial score (nSPS) is 13.2. The molecule has 1 aliphatic carbocycles. The van der Waals surface area contributed by atoms with Gasteiger partial charge in [-0.25, -0.2) is 9.78 Å². The van der Waals surface area contributed by atoms with Crippen molar-refractivity contribution in [3.05, 3.63) is 57.1 Å². The maximum atomic E-state index is 12.3. The van der Waals surface area contributed by atoms with E-state index in [1.54, 1.807) is 30.3 Å². The molecule has 2 heterocycles. The molecule has 0 bridgehead atoms. The van der Waals surface area contributed by atoms with Crippen LogP contribution in [-0.4, -0.2) is 23.5 Å². The zero-order chi connectivity index (χ0) is 21.1. The van der Waals surface area contributed by atoms with Crippen molar-refractivity contribution in [1.82, 2.24) is 4.98 Å². The Kier molecular flexibility index (Phi) is 5.98. The third kappa shape index (κ3) is 4.30. The topological polar surface area (TPSA) is 92.1 Å². The highest BCUT2D eigenvalue weighted by molar-refractivity contribution is 7.16. The molecule has 4 rings (SSSR count). The number of rotatable bonds is 4. The van der Waals surface area contributed by atoms with E-state index in [-0.39, 0.29) is 0 Å². The minimum atomic E-state index is -0.607. The first-order valence-corrected chi connectivity index (χ1v) is 10.8. The van der Waals surface area contributed by atoms with E-state index in [0.29, 0.717) is 26.8 Å². The number of nitriles is 1. The number of anilines is 1. The lowest BCUT2D eigenvalue weighted by Crippen LogP contribution is -2.20. The number of esters is 1. The molecule has 0 aliphatic heterocycles. The molecule has 152 valence electrons. The quantitative estimate of drug-likeness (QED) is 0.355. The van der Waals surface area contributed by atoms with E-state index in [2.05, 4.69) is 16.4 Å². The SMILES string of the molecule is N#Cc1c(NC(=O)COC(=O)c2ccc3nc(Cl)ccc3c2)sc2c1CCCCC2. The van der Waals surface area contributed by atoms with Gasteiger partial charge in [-0.05, 0) is 61.6 Å². The van der Waals surface area contributed by atoms with E-state index in [1.807, 2.05) is 0 Å². The van der Waals surface area contributed by atoms with Crippen LogP contribution in [0.3, 0.4) is 0 Å². The van der Waals surface area contributed by atoms with Gasteiger partial charge in [-0.1, -0.05) is 18.0 Å². The summed E-state index contributed by atoms with van der Waals surface area (Å²) in [5.41, 5.74) is 2.58. The molecule has 0 radical (unpaired) electrons. The number of carbonyl (C=O) groups is 2. The standard InChI is InChI=1S/C22H18ClN3O3S/c23-19-9-7-13-10-14(6-8-17(13)25-19)22(28)29-12-20(27)26-21-16(11-24)15-4-2-1-3-5-18(15)30-21/h6-10H,1-5,12H2,(H,26,27). The molecule has 0 saturated carbocycles. The summed E-state index contributed by atoms with van der Waals surface area (Å²) in [5.74, 6) is -1.07. The van der Waals surface area contributed by atoms with Crippen LogP contribution in [0.5, 0.6) is 0 Å². The molecule has 1 N–H and O–H groups in total. The molecule has 30 heavy (non-hydrogen) atoms. The number of aromatic nitrogens is 1. The Bertz CT molecular complexity index is 1180. The molecule has 0 atom stereocenters. The van der Waals surface area contributed by atoms with Gasteiger partial charge in [0, 0.05) is 10.3 Å². The van der Waals surface area contributed by atoms with Crippen molar-refractivity contribution in [2.24, 2.45) is 0 Å². The van der Waals surface area contributed by atoms with Crippen LogP contribution in [0.4, 0.5) is 5.00 Å².